The van der Waals surface area contributed by atoms with Gasteiger partial charge in [-0.3, -0.25) is 19.7 Å². The third kappa shape index (κ3) is 6.30. The first-order valence-corrected chi connectivity index (χ1v) is 11.9. The van der Waals surface area contributed by atoms with Crippen molar-refractivity contribution in [1.29, 1.82) is 5.41 Å². The molecule has 0 radical (unpaired) electrons. The SMILES string of the molecule is CCOC(=O)CCN(C(=O)c1ccc2c(c1)nc(CNc1ccc(C(=N)N)cc1)n2C)c1cnn(C)c1.Cl. The van der Waals surface area contributed by atoms with Crippen molar-refractivity contribution in [2.75, 3.05) is 23.4 Å². The number of aryl methyl sites for hydroxylation is 2. The molecule has 2 heterocycles. The Balaban J connectivity index is 0.00000400. The molecule has 38 heavy (non-hydrogen) atoms. The lowest BCUT2D eigenvalue weighted by Gasteiger charge is -2.20. The van der Waals surface area contributed by atoms with Crippen LogP contribution in [0.1, 0.15) is 35.1 Å². The van der Waals surface area contributed by atoms with E-state index >= 15 is 0 Å². The summed E-state index contributed by atoms with van der Waals surface area (Å²) in [5, 5.41) is 15.0. The van der Waals surface area contributed by atoms with Crippen LogP contribution in [0, 0.1) is 5.41 Å². The minimum atomic E-state index is -0.363. The molecule has 0 fully saturated rings. The molecule has 2 aromatic heterocycles. The van der Waals surface area contributed by atoms with Gasteiger partial charge in [-0.05, 0) is 49.4 Å². The molecular weight excluding hydrogens is 508 g/mol. The first-order valence-electron chi connectivity index (χ1n) is 11.9. The maximum atomic E-state index is 13.5. The quantitative estimate of drug-likeness (QED) is 0.160. The second kappa shape index (κ2) is 12.2. The Kier molecular flexibility index (Phi) is 9.08. The molecule has 0 saturated heterocycles. The number of nitrogens with one attached hydrogen (secondary N) is 2. The molecule has 0 aliphatic rings. The number of rotatable bonds is 10. The molecule has 0 bridgehead atoms. The van der Waals surface area contributed by atoms with E-state index in [1.54, 1.807) is 55.3 Å². The van der Waals surface area contributed by atoms with Gasteiger partial charge < -0.3 is 25.3 Å². The Morgan fingerprint density at radius 1 is 1.13 bits per heavy atom. The predicted octanol–water partition coefficient (Wildman–Crippen LogP) is 3.22. The Morgan fingerprint density at radius 2 is 1.84 bits per heavy atom. The van der Waals surface area contributed by atoms with E-state index in [4.69, 9.17) is 20.9 Å². The molecule has 4 aromatic rings. The number of benzene rings is 2. The molecule has 0 aliphatic heterocycles. The van der Waals surface area contributed by atoms with Gasteiger partial charge in [-0.15, -0.1) is 12.4 Å². The Morgan fingerprint density at radius 3 is 2.47 bits per heavy atom. The number of nitrogens with two attached hydrogens (primary N) is 1. The Hall–Kier alpha value is -4.38. The number of fused-ring (bicyclic) bond motifs is 1. The van der Waals surface area contributed by atoms with Crippen molar-refractivity contribution in [2.45, 2.75) is 19.9 Å². The van der Waals surface area contributed by atoms with Crippen LogP contribution in [0.3, 0.4) is 0 Å². The lowest BCUT2D eigenvalue weighted by molar-refractivity contribution is -0.142. The number of imidazole rings is 1. The minimum Gasteiger partial charge on any atom is -0.466 e. The van der Waals surface area contributed by atoms with Crippen LogP contribution in [0.4, 0.5) is 11.4 Å². The van der Waals surface area contributed by atoms with Crippen LogP contribution in [0.5, 0.6) is 0 Å². The van der Waals surface area contributed by atoms with E-state index in [0.717, 1.165) is 17.0 Å². The highest BCUT2D eigenvalue weighted by molar-refractivity contribution is 6.07. The summed E-state index contributed by atoms with van der Waals surface area (Å²) >= 11 is 0. The first-order chi connectivity index (χ1) is 17.8. The zero-order chi connectivity index (χ0) is 26.5. The van der Waals surface area contributed by atoms with Crippen LogP contribution >= 0.6 is 12.4 Å². The fraction of sp³-hybridized carbons (Fsp3) is 0.269. The molecule has 11 nitrogen and oxygen atoms in total. The summed E-state index contributed by atoms with van der Waals surface area (Å²) in [5.74, 6) is 0.199. The number of hydrogen-bond donors (Lipinski definition) is 3. The van der Waals surface area contributed by atoms with Crippen molar-refractivity contribution >= 4 is 52.5 Å². The minimum absolute atomic E-state index is 0. The van der Waals surface area contributed by atoms with Gasteiger partial charge in [0.1, 0.15) is 11.7 Å². The summed E-state index contributed by atoms with van der Waals surface area (Å²) < 4.78 is 8.61. The van der Waals surface area contributed by atoms with Gasteiger partial charge in [-0.25, -0.2) is 4.98 Å². The predicted molar refractivity (Wildman–Crippen MR) is 149 cm³/mol. The Labute approximate surface area is 226 Å². The molecule has 0 unspecified atom stereocenters. The molecule has 4 rings (SSSR count). The number of halogens is 1. The van der Waals surface area contributed by atoms with E-state index < -0.39 is 0 Å². The highest BCUT2D eigenvalue weighted by atomic mass is 35.5. The molecule has 1 amide bonds. The number of nitrogen functional groups attached to an aromatic ring is 1. The fourth-order valence-electron chi connectivity index (χ4n) is 3.98. The van der Waals surface area contributed by atoms with Crippen LogP contribution in [0.25, 0.3) is 11.0 Å². The largest absolute Gasteiger partial charge is 0.466 e. The van der Waals surface area contributed by atoms with Crippen molar-refractivity contribution in [3.63, 3.8) is 0 Å². The van der Waals surface area contributed by atoms with E-state index in [2.05, 4.69) is 10.4 Å². The molecule has 200 valence electrons. The van der Waals surface area contributed by atoms with Gasteiger partial charge in [0.25, 0.3) is 5.91 Å². The number of ether oxygens (including phenoxy) is 1. The number of esters is 1. The first kappa shape index (κ1) is 28.2. The van der Waals surface area contributed by atoms with Gasteiger partial charge in [0.2, 0.25) is 0 Å². The van der Waals surface area contributed by atoms with E-state index in [0.29, 0.717) is 28.9 Å². The number of hydrogen-bond acceptors (Lipinski definition) is 7. The van der Waals surface area contributed by atoms with Crippen molar-refractivity contribution in [3.05, 3.63) is 71.8 Å². The third-order valence-corrected chi connectivity index (χ3v) is 5.96. The monoisotopic (exact) mass is 538 g/mol. The summed E-state index contributed by atoms with van der Waals surface area (Å²) in [6.45, 7) is 2.67. The number of nitrogens with zero attached hydrogens (tertiary/aromatic N) is 5. The number of anilines is 2. The van der Waals surface area contributed by atoms with Crippen LogP contribution in [-0.2, 0) is 30.2 Å². The van der Waals surface area contributed by atoms with Crippen LogP contribution in [-0.4, -0.2) is 50.2 Å². The normalized spacial score (nSPS) is 10.6. The van der Waals surface area contributed by atoms with Crippen molar-refractivity contribution < 1.29 is 14.3 Å². The second-order valence-electron chi connectivity index (χ2n) is 8.52. The van der Waals surface area contributed by atoms with Crippen molar-refractivity contribution in [3.8, 4) is 0 Å². The molecular formula is C26H31ClN8O3. The molecule has 4 N–H and O–H groups in total. The molecule has 0 spiro atoms. The van der Waals surface area contributed by atoms with E-state index in [1.165, 1.54) is 4.90 Å². The average Bonchev–Trinajstić information content (AvgIpc) is 3.45. The van der Waals surface area contributed by atoms with Crippen LogP contribution in [0.2, 0.25) is 0 Å². The summed E-state index contributed by atoms with van der Waals surface area (Å²) in [5.41, 5.74) is 9.68. The fourth-order valence-corrected chi connectivity index (χ4v) is 3.98. The average molecular weight is 539 g/mol. The summed E-state index contributed by atoms with van der Waals surface area (Å²) in [4.78, 5) is 31.7. The maximum absolute atomic E-state index is 13.5. The zero-order valence-electron chi connectivity index (χ0n) is 21.5. The summed E-state index contributed by atoms with van der Waals surface area (Å²) in [7, 11) is 3.69. The smallest absolute Gasteiger partial charge is 0.307 e. The van der Waals surface area contributed by atoms with Crippen LogP contribution in [0.15, 0.2) is 54.9 Å². The van der Waals surface area contributed by atoms with Gasteiger partial charge >= 0.3 is 5.97 Å². The highest BCUT2D eigenvalue weighted by Crippen LogP contribution is 2.22. The van der Waals surface area contributed by atoms with E-state index in [-0.39, 0.29) is 49.7 Å². The van der Waals surface area contributed by atoms with Gasteiger partial charge in [-0.2, -0.15) is 5.10 Å². The number of aromatic nitrogens is 4. The maximum Gasteiger partial charge on any atom is 0.307 e. The standard InChI is InChI=1S/C26H30N8O3.ClH/c1-4-37-24(35)11-12-34(20-14-30-32(2)16-20)26(36)18-7-10-22-21(13-18)31-23(33(22)3)15-29-19-8-5-17(6-9-19)25(27)28;/h5-10,13-14,16,29H,4,11-12,15H2,1-3H3,(H3,27,28);1H. The molecule has 0 aliphatic carbocycles. The van der Waals surface area contributed by atoms with Crippen molar-refractivity contribution in [1.82, 2.24) is 19.3 Å². The molecule has 12 heteroatoms. The van der Waals surface area contributed by atoms with Gasteiger partial charge in [-0.1, -0.05) is 0 Å². The zero-order valence-corrected chi connectivity index (χ0v) is 22.3. The summed E-state index contributed by atoms with van der Waals surface area (Å²) in [6.07, 6.45) is 3.40. The van der Waals surface area contributed by atoms with Gasteiger partial charge in [0, 0.05) is 43.7 Å². The van der Waals surface area contributed by atoms with E-state index in [9.17, 15) is 9.59 Å². The topological polar surface area (TPSA) is 144 Å². The van der Waals surface area contributed by atoms with E-state index in [1.807, 2.05) is 29.8 Å². The number of carbonyl (C=O) groups is 2. The van der Waals surface area contributed by atoms with Gasteiger partial charge in [0.15, 0.2) is 0 Å². The Bertz CT molecular complexity index is 1440. The lowest BCUT2D eigenvalue weighted by Crippen LogP contribution is -2.33. The van der Waals surface area contributed by atoms with Crippen LogP contribution < -0.4 is 16.0 Å². The molecule has 2 aromatic carbocycles. The number of amidine groups is 1. The number of amides is 1. The van der Waals surface area contributed by atoms with Gasteiger partial charge in [0.05, 0.1) is 42.5 Å². The van der Waals surface area contributed by atoms with Crippen molar-refractivity contribution in [2.24, 2.45) is 19.8 Å². The third-order valence-electron chi connectivity index (χ3n) is 5.96. The lowest BCUT2D eigenvalue weighted by atomic mass is 10.1. The number of carbonyl (C=O) groups excluding carboxylic acids is 2. The molecule has 0 atom stereocenters. The molecule has 0 saturated carbocycles. The highest BCUT2D eigenvalue weighted by Gasteiger charge is 2.22. The summed E-state index contributed by atoms with van der Waals surface area (Å²) in [6, 6.07) is 12.7. The second-order valence-corrected chi connectivity index (χ2v) is 8.52.